The molecule has 0 saturated heterocycles. The number of hydrogen-bond donors (Lipinski definition) is 1. The van der Waals surface area contributed by atoms with Crippen molar-refractivity contribution in [2.75, 3.05) is 0 Å². The van der Waals surface area contributed by atoms with E-state index < -0.39 is 0 Å². The normalized spacial score (nSPS) is 10.6. The molecule has 0 amide bonds. The Kier molecular flexibility index (Phi) is 3.99. The molecule has 18 heavy (non-hydrogen) atoms. The summed E-state index contributed by atoms with van der Waals surface area (Å²) in [7, 11) is 0. The molecule has 0 unspecified atom stereocenters. The Morgan fingerprint density at radius 1 is 1.00 bits per heavy atom. The molecule has 2 rings (SSSR count). The lowest BCUT2D eigenvalue weighted by molar-refractivity contribution is 0.763. The minimum atomic E-state index is 0.362. The first-order valence-corrected chi connectivity index (χ1v) is 6.13. The smallest absolute Gasteiger partial charge is 0.146 e. The molecule has 0 aliphatic rings. The quantitative estimate of drug-likeness (QED) is 0.886. The maximum absolute atomic E-state index is 5.56. The van der Waals surface area contributed by atoms with Gasteiger partial charge in [-0.05, 0) is 25.8 Å². The van der Waals surface area contributed by atoms with Crippen LogP contribution < -0.4 is 5.73 Å². The maximum Gasteiger partial charge on any atom is 0.146 e. The average molecular weight is 242 g/mol. The van der Waals surface area contributed by atoms with Crippen LogP contribution in [-0.4, -0.2) is 15.0 Å². The summed E-state index contributed by atoms with van der Waals surface area (Å²) >= 11 is 0. The topological polar surface area (TPSA) is 64.7 Å². The molecule has 0 saturated carbocycles. The third kappa shape index (κ3) is 3.34. The Hall–Kier alpha value is -1.81. The van der Waals surface area contributed by atoms with Gasteiger partial charge in [-0.1, -0.05) is 29.8 Å². The molecule has 94 valence electrons. The van der Waals surface area contributed by atoms with Crippen LogP contribution in [0.25, 0.3) is 0 Å². The van der Waals surface area contributed by atoms with Crippen LogP contribution in [0.4, 0.5) is 0 Å². The molecule has 0 spiro atoms. The fourth-order valence-corrected chi connectivity index (χ4v) is 1.92. The van der Waals surface area contributed by atoms with E-state index in [1.165, 1.54) is 11.1 Å². The molecular formula is C14H18N4. The molecule has 2 N–H and O–H groups in total. The number of nitrogens with zero attached hydrogens (tertiary/aromatic N) is 3. The van der Waals surface area contributed by atoms with Crippen LogP contribution in [-0.2, 0) is 19.4 Å². The third-order valence-electron chi connectivity index (χ3n) is 2.74. The summed E-state index contributed by atoms with van der Waals surface area (Å²) in [5.74, 6) is 2.23. The summed E-state index contributed by atoms with van der Waals surface area (Å²) in [5.41, 5.74) is 8.15. The summed E-state index contributed by atoms with van der Waals surface area (Å²) in [6.45, 7) is 4.33. The van der Waals surface area contributed by atoms with Gasteiger partial charge in [-0.25, -0.2) is 15.0 Å². The zero-order valence-corrected chi connectivity index (χ0v) is 10.8. The van der Waals surface area contributed by atoms with Gasteiger partial charge in [0.15, 0.2) is 0 Å². The van der Waals surface area contributed by atoms with Gasteiger partial charge in [0.05, 0.1) is 6.54 Å². The Morgan fingerprint density at radius 2 is 1.78 bits per heavy atom. The highest BCUT2D eigenvalue weighted by Gasteiger charge is 2.03. The number of nitrogens with two attached hydrogens (primary N) is 1. The van der Waals surface area contributed by atoms with Crippen molar-refractivity contribution in [3.63, 3.8) is 0 Å². The van der Waals surface area contributed by atoms with Crippen molar-refractivity contribution in [3.05, 3.63) is 52.9 Å². The van der Waals surface area contributed by atoms with Crippen molar-refractivity contribution in [1.29, 1.82) is 0 Å². The van der Waals surface area contributed by atoms with E-state index in [9.17, 15) is 0 Å². The Bertz CT molecular complexity index is 537. The van der Waals surface area contributed by atoms with Gasteiger partial charge in [-0.2, -0.15) is 0 Å². The Labute approximate surface area is 107 Å². The second-order valence-electron chi connectivity index (χ2n) is 4.41. The van der Waals surface area contributed by atoms with Crippen molar-refractivity contribution in [1.82, 2.24) is 15.0 Å². The first kappa shape index (κ1) is 12.6. The standard InChI is InChI=1S/C14H18N4/c1-10-4-3-5-12(8-10)6-7-13-16-11(2)17-14(9-15)18-13/h3-5,8H,6-7,9,15H2,1-2H3. The molecule has 1 heterocycles. The second kappa shape index (κ2) is 5.69. The van der Waals surface area contributed by atoms with Crippen LogP contribution >= 0.6 is 0 Å². The number of rotatable bonds is 4. The Morgan fingerprint density at radius 3 is 2.50 bits per heavy atom. The van der Waals surface area contributed by atoms with Crippen molar-refractivity contribution in [3.8, 4) is 0 Å². The van der Waals surface area contributed by atoms with Crippen molar-refractivity contribution >= 4 is 0 Å². The Balaban J connectivity index is 2.08. The molecule has 1 aromatic heterocycles. The average Bonchev–Trinajstić information content (AvgIpc) is 2.36. The molecule has 0 radical (unpaired) electrons. The summed E-state index contributed by atoms with van der Waals surface area (Å²) < 4.78 is 0. The van der Waals surface area contributed by atoms with Gasteiger partial charge < -0.3 is 5.73 Å². The van der Waals surface area contributed by atoms with Crippen molar-refractivity contribution in [2.24, 2.45) is 5.73 Å². The fourth-order valence-electron chi connectivity index (χ4n) is 1.92. The number of benzene rings is 1. The van der Waals surface area contributed by atoms with Crippen LogP contribution in [0.2, 0.25) is 0 Å². The predicted molar refractivity (Wildman–Crippen MR) is 71.0 cm³/mol. The minimum absolute atomic E-state index is 0.362. The van der Waals surface area contributed by atoms with Crippen molar-refractivity contribution < 1.29 is 0 Å². The first-order chi connectivity index (χ1) is 8.67. The lowest BCUT2D eigenvalue weighted by atomic mass is 10.1. The van der Waals surface area contributed by atoms with Crippen LogP contribution in [0.3, 0.4) is 0 Å². The van der Waals surface area contributed by atoms with Gasteiger partial charge in [0.2, 0.25) is 0 Å². The van der Waals surface area contributed by atoms with Gasteiger partial charge in [0.1, 0.15) is 17.5 Å². The van der Waals surface area contributed by atoms with E-state index in [2.05, 4.69) is 46.1 Å². The SMILES string of the molecule is Cc1cccc(CCc2nc(C)nc(CN)n2)c1. The van der Waals surface area contributed by atoms with E-state index in [0.29, 0.717) is 12.4 Å². The predicted octanol–water partition coefficient (Wildman–Crippen LogP) is 1.73. The zero-order valence-electron chi connectivity index (χ0n) is 10.8. The molecule has 4 heteroatoms. The number of hydrogen-bond acceptors (Lipinski definition) is 4. The third-order valence-corrected chi connectivity index (χ3v) is 2.74. The highest BCUT2D eigenvalue weighted by Crippen LogP contribution is 2.07. The monoisotopic (exact) mass is 242 g/mol. The largest absolute Gasteiger partial charge is 0.324 e. The van der Waals surface area contributed by atoms with Crippen LogP contribution in [0.15, 0.2) is 24.3 Å². The first-order valence-electron chi connectivity index (χ1n) is 6.13. The number of aromatic nitrogens is 3. The maximum atomic E-state index is 5.56. The number of aryl methyl sites for hydroxylation is 4. The molecule has 0 bridgehead atoms. The van der Waals surface area contributed by atoms with E-state index in [1.807, 2.05) is 6.92 Å². The van der Waals surface area contributed by atoms with E-state index >= 15 is 0 Å². The summed E-state index contributed by atoms with van der Waals surface area (Å²) in [6.07, 6.45) is 1.76. The van der Waals surface area contributed by atoms with E-state index in [-0.39, 0.29) is 0 Å². The molecule has 1 aromatic carbocycles. The summed E-state index contributed by atoms with van der Waals surface area (Å²) in [4.78, 5) is 12.9. The molecular weight excluding hydrogens is 224 g/mol. The highest BCUT2D eigenvalue weighted by molar-refractivity contribution is 5.22. The fraction of sp³-hybridized carbons (Fsp3) is 0.357. The van der Waals surface area contributed by atoms with Gasteiger partial charge in [0.25, 0.3) is 0 Å². The van der Waals surface area contributed by atoms with Gasteiger partial charge >= 0.3 is 0 Å². The van der Waals surface area contributed by atoms with Crippen LogP contribution in [0.1, 0.15) is 28.6 Å². The van der Waals surface area contributed by atoms with Crippen LogP contribution in [0, 0.1) is 13.8 Å². The van der Waals surface area contributed by atoms with Crippen molar-refractivity contribution in [2.45, 2.75) is 33.2 Å². The molecule has 4 nitrogen and oxygen atoms in total. The molecule has 0 atom stereocenters. The van der Waals surface area contributed by atoms with E-state index in [1.54, 1.807) is 0 Å². The zero-order chi connectivity index (χ0) is 13.0. The second-order valence-corrected chi connectivity index (χ2v) is 4.41. The van der Waals surface area contributed by atoms with E-state index in [0.717, 1.165) is 24.5 Å². The molecule has 0 fully saturated rings. The van der Waals surface area contributed by atoms with Gasteiger partial charge in [-0.3, -0.25) is 0 Å². The van der Waals surface area contributed by atoms with Gasteiger partial charge in [-0.15, -0.1) is 0 Å². The molecule has 2 aromatic rings. The minimum Gasteiger partial charge on any atom is -0.324 e. The molecule has 0 aliphatic carbocycles. The van der Waals surface area contributed by atoms with Gasteiger partial charge in [0, 0.05) is 6.42 Å². The lowest BCUT2D eigenvalue weighted by Gasteiger charge is -2.04. The van der Waals surface area contributed by atoms with E-state index in [4.69, 9.17) is 5.73 Å². The van der Waals surface area contributed by atoms with Crippen LogP contribution in [0.5, 0.6) is 0 Å². The lowest BCUT2D eigenvalue weighted by Crippen LogP contribution is -2.10. The summed E-state index contributed by atoms with van der Waals surface area (Å²) in [5, 5.41) is 0. The summed E-state index contributed by atoms with van der Waals surface area (Å²) in [6, 6.07) is 8.50. The highest BCUT2D eigenvalue weighted by atomic mass is 15.0. The molecule has 0 aliphatic heterocycles.